The van der Waals surface area contributed by atoms with Gasteiger partial charge in [-0.2, -0.15) is 0 Å². The summed E-state index contributed by atoms with van der Waals surface area (Å²) in [6.45, 7) is 3.62. The number of carbonyl (C=O) groups excluding carboxylic acids is 1. The number of carboxylic acids is 1. The molecule has 3 heterocycles. The Morgan fingerprint density at radius 1 is 1.15 bits per heavy atom. The van der Waals surface area contributed by atoms with Crippen LogP contribution < -0.4 is 10.6 Å². The summed E-state index contributed by atoms with van der Waals surface area (Å²) in [5, 5.41) is 25.7. The van der Waals surface area contributed by atoms with Gasteiger partial charge in [0.15, 0.2) is 0 Å². The first-order valence-corrected chi connectivity index (χ1v) is 10.4. The van der Waals surface area contributed by atoms with Crippen LogP contribution in [0, 0.1) is 0 Å². The number of carboxylic acid groups (broad SMARTS) is 1. The van der Waals surface area contributed by atoms with Crippen molar-refractivity contribution in [2.75, 3.05) is 24.3 Å². The van der Waals surface area contributed by atoms with E-state index in [9.17, 15) is 19.8 Å². The Labute approximate surface area is 191 Å². The normalized spacial score (nSPS) is 15.2. The zero-order chi connectivity index (χ0) is 23.8. The number of fused-ring (bicyclic) bond motifs is 1. The second-order valence-corrected chi connectivity index (χ2v) is 8.35. The van der Waals surface area contributed by atoms with E-state index in [4.69, 9.17) is 0 Å². The molecule has 170 valence electrons. The monoisotopic (exact) mass is 447 g/mol. The number of aromatic carboxylic acids is 1. The third kappa shape index (κ3) is 4.10. The number of benzene rings is 1. The molecule has 1 amide bonds. The first-order chi connectivity index (χ1) is 15.7. The van der Waals surface area contributed by atoms with E-state index in [2.05, 4.69) is 20.6 Å². The van der Waals surface area contributed by atoms with Crippen LogP contribution in [0.5, 0.6) is 0 Å². The summed E-state index contributed by atoms with van der Waals surface area (Å²) in [7, 11) is 1.74. The average Bonchev–Trinajstić information content (AvgIpc) is 2.98. The van der Waals surface area contributed by atoms with Crippen molar-refractivity contribution in [1.29, 1.82) is 0 Å². The fourth-order valence-corrected chi connectivity index (χ4v) is 3.81. The van der Waals surface area contributed by atoms with Crippen LogP contribution >= 0.6 is 0 Å². The summed E-state index contributed by atoms with van der Waals surface area (Å²) >= 11 is 0. The minimum absolute atomic E-state index is 0.0230. The molecule has 0 bridgehead atoms. The predicted octanol–water partition coefficient (Wildman–Crippen LogP) is 3.38. The molecule has 0 radical (unpaired) electrons. The Morgan fingerprint density at radius 3 is 2.55 bits per heavy atom. The molecule has 9 heteroatoms. The largest absolute Gasteiger partial charge is 0.478 e. The van der Waals surface area contributed by atoms with Gasteiger partial charge < -0.3 is 25.7 Å². The number of hydrogen-bond donors (Lipinski definition) is 4. The summed E-state index contributed by atoms with van der Waals surface area (Å²) in [5.41, 5.74) is 1.76. The number of pyridine rings is 2. The molecule has 0 saturated carbocycles. The maximum Gasteiger partial charge on any atom is 0.339 e. The maximum atomic E-state index is 12.4. The van der Waals surface area contributed by atoms with Crippen molar-refractivity contribution >= 4 is 29.2 Å². The van der Waals surface area contributed by atoms with E-state index >= 15 is 0 Å². The summed E-state index contributed by atoms with van der Waals surface area (Å²) in [5.74, 6) is -0.371. The number of rotatable bonds is 7. The fourth-order valence-electron chi connectivity index (χ4n) is 3.81. The van der Waals surface area contributed by atoms with Crippen molar-refractivity contribution in [1.82, 2.24) is 14.9 Å². The first-order valence-electron chi connectivity index (χ1n) is 10.4. The highest BCUT2D eigenvalue weighted by molar-refractivity contribution is 5.99. The van der Waals surface area contributed by atoms with Crippen LogP contribution in [0.3, 0.4) is 0 Å². The number of anilines is 3. The summed E-state index contributed by atoms with van der Waals surface area (Å²) < 4.78 is 0. The zero-order valence-electron chi connectivity index (χ0n) is 18.5. The lowest BCUT2D eigenvalue weighted by molar-refractivity contribution is 0.0682. The maximum absolute atomic E-state index is 12.4. The molecule has 4 rings (SSSR count). The Hall–Kier alpha value is -3.98. The SMILES string of the molecule is CN1C(=O)c2ccc(Nc3cc(N[C@H](CO)c4ccccc4)c(C(=O)O)cn3)nc2C1(C)C. The minimum Gasteiger partial charge on any atom is -0.478 e. The van der Waals surface area contributed by atoms with Gasteiger partial charge in [0.25, 0.3) is 5.91 Å². The van der Waals surface area contributed by atoms with Gasteiger partial charge in [0.1, 0.15) is 17.2 Å². The Balaban J connectivity index is 1.65. The number of hydrogen-bond acceptors (Lipinski definition) is 7. The van der Waals surface area contributed by atoms with E-state index in [1.807, 2.05) is 44.2 Å². The molecule has 0 fully saturated rings. The molecule has 2 aromatic heterocycles. The number of aliphatic hydroxyl groups excluding tert-OH is 1. The van der Waals surface area contributed by atoms with E-state index in [1.165, 1.54) is 6.20 Å². The summed E-state index contributed by atoms with van der Waals surface area (Å²) in [4.78, 5) is 34.7. The fraction of sp³-hybridized carbons (Fsp3) is 0.250. The van der Waals surface area contributed by atoms with E-state index in [1.54, 1.807) is 30.1 Å². The molecule has 1 atom stereocenters. The van der Waals surface area contributed by atoms with E-state index in [0.717, 1.165) is 5.56 Å². The van der Waals surface area contributed by atoms with Gasteiger partial charge in [-0.25, -0.2) is 14.8 Å². The Bertz CT molecular complexity index is 1210. The molecule has 0 saturated heterocycles. The highest BCUT2D eigenvalue weighted by Crippen LogP contribution is 2.37. The standard InChI is InChI=1S/C24H25N5O4/c1-24(2)21-15(22(31)29(24)3)9-10-19(28-21)27-20-11-17(16(12-25-20)23(32)33)26-18(13-30)14-7-5-4-6-8-14/h4-12,18,30H,13H2,1-3H3,(H,32,33)(H2,25,26,27,28)/t18-/m1/s1. The second kappa shape index (κ2) is 8.51. The lowest BCUT2D eigenvalue weighted by Crippen LogP contribution is -2.35. The molecule has 0 spiro atoms. The molecule has 1 aliphatic heterocycles. The molecule has 1 aromatic carbocycles. The topological polar surface area (TPSA) is 128 Å². The van der Waals surface area contributed by atoms with E-state index in [-0.39, 0.29) is 18.1 Å². The number of nitrogens with zero attached hydrogens (tertiary/aromatic N) is 3. The van der Waals surface area contributed by atoms with Crippen LogP contribution in [0.1, 0.15) is 51.9 Å². The molecule has 9 nitrogen and oxygen atoms in total. The number of aliphatic hydroxyl groups is 1. The molecule has 1 aliphatic rings. The molecular formula is C24H25N5O4. The van der Waals surface area contributed by atoms with Crippen LogP contribution in [0.2, 0.25) is 0 Å². The van der Waals surface area contributed by atoms with Gasteiger partial charge in [-0.1, -0.05) is 30.3 Å². The van der Waals surface area contributed by atoms with Crippen molar-refractivity contribution < 1.29 is 19.8 Å². The van der Waals surface area contributed by atoms with Crippen molar-refractivity contribution in [2.24, 2.45) is 0 Å². The van der Waals surface area contributed by atoms with Gasteiger partial charge >= 0.3 is 5.97 Å². The summed E-state index contributed by atoms with van der Waals surface area (Å²) in [6, 6.07) is 13.7. The van der Waals surface area contributed by atoms with Crippen LogP contribution in [-0.2, 0) is 5.54 Å². The van der Waals surface area contributed by atoms with Gasteiger partial charge in [-0.15, -0.1) is 0 Å². The highest BCUT2D eigenvalue weighted by atomic mass is 16.4. The van der Waals surface area contributed by atoms with Crippen LogP contribution in [-0.4, -0.2) is 50.6 Å². The van der Waals surface area contributed by atoms with Gasteiger partial charge in [0.2, 0.25) is 0 Å². The molecule has 0 aliphatic carbocycles. The predicted molar refractivity (Wildman–Crippen MR) is 124 cm³/mol. The van der Waals surface area contributed by atoms with Gasteiger partial charge in [0, 0.05) is 19.3 Å². The van der Waals surface area contributed by atoms with E-state index in [0.29, 0.717) is 28.6 Å². The molecule has 3 aromatic rings. The Kier molecular flexibility index (Phi) is 5.73. The van der Waals surface area contributed by atoms with Crippen molar-refractivity contribution in [2.45, 2.75) is 25.4 Å². The molecule has 33 heavy (non-hydrogen) atoms. The lowest BCUT2D eigenvalue weighted by atomic mass is 10.00. The third-order valence-corrected chi connectivity index (χ3v) is 5.95. The number of amides is 1. The molecule has 0 unspecified atom stereocenters. The number of carbonyl (C=O) groups is 2. The van der Waals surface area contributed by atoms with E-state index < -0.39 is 17.6 Å². The van der Waals surface area contributed by atoms with Crippen molar-refractivity contribution in [3.05, 3.63) is 77.1 Å². The number of nitrogens with one attached hydrogen (secondary N) is 2. The average molecular weight is 447 g/mol. The van der Waals surface area contributed by atoms with Crippen LogP contribution in [0.25, 0.3) is 0 Å². The summed E-state index contributed by atoms with van der Waals surface area (Å²) in [6.07, 6.45) is 1.25. The minimum atomic E-state index is -1.14. The Morgan fingerprint density at radius 2 is 1.88 bits per heavy atom. The highest BCUT2D eigenvalue weighted by Gasteiger charge is 2.42. The zero-order valence-corrected chi connectivity index (χ0v) is 18.5. The molecule has 4 N–H and O–H groups in total. The van der Waals surface area contributed by atoms with Gasteiger partial charge in [0.05, 0.1) is 35.1 Å². The van der Waals surface area contributed by atoms with Crippen LogP contribution in [0.4, 0.5) is 17.3 Å². The smallest absolute Gasteiger partial charge is 0.339 e. The second-order valence-electron chi connectivity index (χ2n) is 8.35. The number of aromatic nitrogens is 2. The van der Waals surface area contributed by atoms with Crippen molar-refractivity contribution in [3.63, 3.8) is 0 Å². The first kappa shape index (κ1) is 22.2. The molecular weight excluding hydrogens is 422 g/mol. The third-order valence-electron chi connectivity index (χ3n) is 5.95. The van der Waals surface area contributed by atoms with Crippen LogP contribution in [0.15, 0.2) is 54.7 Å². The van der Waals surface area contributed by atoms with Crippen molar-refractivity contribution in [3.8, 4) is 0 Å². The lowest BCUT2D eigenvalue weighted by Gasteiger charge is -2.27. The van der Waals surface area contributed by atoms with Gasteiger partial charge in [-0.3, -0.25) is 4.79 Å². The van der Waals surface area contributed by atoms with Gasteiger partial charge in [-0.05, 0) is 31.5 Å². The quantitative estimate of drug-likeness (QED) is 0.434.